The molecule has 3 aromatic rings. The van der Waals surface area contributed by atoms with E-state index in [0.717, 1.165) is 43.1 Å². The van der Waals surface area contributed by atoms with E-state index in [-0.39, 0.29) is 23.3 Å². The van der Waals surface area contributed by atoms with E-state index in [1.807, 2.05) is 0 Å². The largest absolute Gasteiger partial charge is 0.573 e. The number of nitrogens with one attached hydrogen (secondary N) is 2. The zero-order valence-electron chi connectivity index (χ0n) is 19.4. The first-order chi connectivity index (χ1) is 17.1. The summed E-state index contributed by atoms with van der Waals surface area (Å²) >= 11 is 1.13. The molecule has 0 unspecified atom stereocenters. The fraction of sp³-hybridized carbons (Fsp3) is 0.435. The lowest BCUT2D eigenvalue weighted by molar-refractivity contribution is -0.274. The van der Waals surface area contributed by atoms with Gasteiger partial charge in [-0.3, -0.25) is 9.59 Å². The number of carbonyl (C=O) groups excluding carboxylic acids is 2. The topological polar surface area (TPSA) is 111 Å². The Hall–Kier alpha value is -3.48. The minimum absolute atomic E-state index is 0.0649. The van der Waals surface area contributed by atoms with Crippen molar-refractivity contribution in [2.24, 2.45) is 0 Å². The summed E-state index contributed by atoms with van der Waals surface area (Å²) in [7, 11) is 1.52. The van der Waals surface area contributed by atoms with Crippen LogP contribution in [0.1, 0.15) is 87.7 Å². The van der Waals surface area contributed by atoms with Gasteiger partial charge >= 0.3 is 6.36 Å². The Morgan fingerprint density at radius 2 is 1.86 bits per heavy atom. The third-order valence-electron chi connectivity index (χ3n) is 5.92. The fourth-order valence-corrected chi connectivity index (χ4v) is 4.63. The highest BCUT2D eigenvalue weighted by Crippen LogP contribution is 2.42. The zero-order chi connectivity index (χ0) is 25.6. The van der Waals surface area contributed by atoms with Gasteiger partial charge in [0.2, 0.25) is 5.13 Å². The van der Waals surface area contributed by atoms with Gasteiger partial charge in [-0.2, -0.15) is 4.68 Å². The van der Waals surface area contributed by atoms with Crippen LogP contribution in [0.4, 0.5) is 13.2 Å². The number of nitrogens with zero attached hydrogens (tertiary/aromatic N) is 4. The molecule has 0 bridgehead atoms. The Kier molecular flexibility index (Phi) is 6.18. The summed E-state index contributed by atoms with van der Waals surface area (Å²) in [5.74, 6) is 0.111. The van der Waals surface area contributed by atoms with Gasteiger partial charge in [-0.05, 0) is 62.3 Å². The van der Waals surface area contributed by atoms with E-state index in [0.29, 0.717) is 27.2 Å². The molecule has 0 saturated heterocycles. The highest BCUT2D eigenvalue weighted by molar-refractivity contribution is 7.16. The minimum atomic E-state index is -4.86. The standard InChI is InChI=1S/C23H23F3N6O3S/c1-11(29-20(33)15-7-14(12-3-4-12)8-16(9-15)35-23(24,25)26)19-30-18(13-5-6-13)31-32(19)22-28-10-17(36-22)21(34)27-2/h7-13H,3-6H2,1-2H3,(H,27,34)(H,29,33)/t11-/m0/s1. The van der Waals surface area contributed by atoms with Crippen LogP contribution in [0.5, 0.6) is 5.75 Å². The van der Waals surface area contributed by atoms with E-state index in [4.69, 9.17) is 0 Å². The molecule has 2 fully saturated rings. The van der Waals surface area contributed by atoms with Gasteiger partial charge in [0, 0.05) is 18.5 Å². The van der Waals surface area contributed by atoms with Crippen molar-refractivity contribution in [1.29, 1.82) is 0 Å². The maximum atomic E-state index is 13.1. The van der Waals surface area contributed by atoms with Crippen molar-refractivity contribution in [3.8, 4) is 10.9 Å². The third kappa shape index (κ3) is 5.35. The number of alkyl halides is 3. The molecule has 0 aliphatic heterocycles. The number of carbonyl (C=O) groups is 2. The van der Waals surface area contributed by atoms with Gasteiger partial charge in [-0.1, -0.05) is 11.3 Å². The number of hydrogen-bond acceptors (Lipinski definition) is 7. The summed E-state index contributed by atoms with van der Waals surface area (Å²) in [4.78, 5) is 34.4. The summed E-state index contributed by atoms with van der Waals surface area (Å²) < 4.78 is 44.1. The maximum absolute atomic E-state index is 13.1. The van der Waals surface area contributed by atoms with Crippen LogP contribution in [-0.2, 0) is 0 Å². The molecule has 9 nitrogen and oxygen atoms in total. The lowest BCUT2D eigenvalue weighted by Crippen LogP contribution is -2.29. The van der Waals surface area contributed by atoms with Crippen LogP contribution in [0.2, 0.25) is 0 Å². The Labute approximate surface area is 208 Å². The van der Waals surface area contributed by atoms with Gasteiger partial charge in [0.25, 0.3) is 11.8 Å². The second-order valence-electron chi connectivity index (χ2n) is 8.91. The van der Waals surface area contributed by atoms with Crippen molar-refractivity contribution < 1.29 is 27.5 Å². The average molecular weight is 521 g/mol. The molecule has 1 atom stereocenters. The van der Waals surface area contributed by atoms with Crippen LogP contribution in [0.25, 0.3) is 5.13 Å². The summed E-state index contributed by atoms with van der Waals surface area (Å²) in [6.45, 7) is 1.71. The lowest BCUT2D eigenvalue weighted by atomic mass is 10.1. The van der Waals surface area contributed by atoms with Crippen molar-refractivity contribution in [1.82, 2.24) is 30.4 Å². The molecule has 1 aromatic carbocycles. The molecule has 36 heavy (non-hydrogen) atoms. The quantitative estimate of drug-likeness (QED) is 0.460. The smallest absolute Gasteiger partial charge is 0.406 e. The van der Waals surface area contributed by atoms with E-state index in [1.54, 1.807) is 13.0 Å². The van der Waals surface area contributed by atoms with E-state index >= 15 is 0 Å². The Morgan fingerprint density at radius 3 is 2.50 bits per heavy atom. The molecule has 0 radical (unpaired) electrons. The normalized spacial score (nSPS) is 16.5. The van der Waals surface area contributed by atoms with Crippen LogP contribution in [-0.4, -0.2) is 45.0 Å². The number of amides is 2. The predicted molar refractivity (Wildman–Crippen MR) is 123 cm³/mol. The van der Waals surface area contributed by atoms with Crippen molar-refractivity contribution >= 4 is 23.2 Å². The summed E-state index contributed by atoms with van der Waals surface area (Å²) in [6, 6.07) is 3.36. The number of ether oxygens (including phenoxy) is 1. The second kappa shape index (κ2) is 9.19. The molecule has 2 saturated carbocycles. The molecule has 5 rings (SSSR count). The van der Waals surface area contributed by atoms with Crippen molar-refractivity contribution in [3.05, 3.63) is 52.0 Å². The molecule has 190 valence electrons. The van der Waals surface area contributed by atoms with E-state index < -0.39 is 24.1 Å². The van der Waals surface area contributed by atoms with Crippen molar-refractivity contribution in [3.63, 3.8) is 0 Å². The number of hydrogen-bond donors (Lipinski definition) is 2. The lowest BCUT2D eigenvalue weighted by Gasteiger charge is -2.16. The summed E-state index contributed by atoms with van der Waals surface area (Å²) in [5, 5.41) is 10.3. The fourth-order valence-electron chi connectivity index (χ4n) is 3.81. The van der Waals surface area contributed by atoms with Gasteiger partial charge in [-0.15, -0.1) is 18.3 Å². The van der Waals surface area contributed by atoms with E-state index in [1.165, 1.54) is 24.0 Å². The number of benzene rings is 1. The molecule has 2 aliphatic carbocycles. The minimum Gasteiger partial charge on any atom is -0.406 e. The molecular formula is C23H23F3N6O3S. The Balaban J connectivity index is 1.41. The summed E-state index contributed by atoms with van der Waals surface area (Å²) in [5.41, 5.74) is 0.702. The Bertz CT molecular complexity index is 1310. The molecule has 2 aliphatic rings. The van der Waals surface area contributed by atoms with Crippen LogP contribution in [0.3, 0.4) is 0 Å². The van der Waals surface area contributed by atoms with Gasteiger partial charge in [-0.25, -0.2) is 9.97 Å². The molecule has 13 heteroatoms. The molecule has 2 heterocycles. The average Bonchev–Trinajstić information content (AvgIpc) is 3.75. The number of rotatable bonds is 8. The predicted octanol–water partition coefficient (Wildman–Crippen LogP) is 4.23. The monoisotopic (exact) mass is 520 g/mol. The van der Waals surface area contributed by atoms with Crippen LogP contribution in [0.15, 0.2) is 24.4 Å². The van der Waals surface area contributed by atoms with Gasteiger partial charge in [0.05, 0.1) is 12.2 Å². The first-order valence-electron chi connectivity index (χ1n) is 11.5. The van der Waals surface area contributed by atoms with E-state index in [2.05, 4.69) is 30.4 Å². The zero-order valence-corrected chi connectivity index (χ0v) is 20.2. The molecule has 0 spiro atoms. The number of aromatic nitrogens is 4. The van der Waals surface area contributed by atoms with Crippen molar-refractivity contribution in [2.45, 2.75) is 56.8 Å². The molecular weight excluding hydrogens is 497 g/mol. The first-order valence-corrected chi connectivity index (χ1v) is 12.3. The Morgan fingerprint density at radius 1 is 1.14 bits per heavy atom. The number of thiazole rings is 1. The SMILES string of the molecule is CNC(=O)c1cnc(-n2nc(C3CC3)nc2[C@H](C)NC(=O)c2cc(OC(F)(F)F)cc(C3CC3)c2)s1. The molecule has 2 aromatic heterocycles. The van der Waals surface area contributed by atoms with Crippen LogP contribution in [0, 0.1) is 0 Å². The third-order valence-corrected chi connectivity index (χ3v) is 6.90. The second-order valence-corrected chi connectivity index (χ2v) is 9.92. The highest BCUT2D eigenvalue weighted by atomic mass is 32.1. The van der Waals surface area contributed by atoms with Crippen molar-refractivity contribution in [2.75, 3.05) is 7.05 Å². The van der Waals surface area contributed by atoms with Gasteiger partial charge < -0.3 is 15.4 Å². The molecule has 2 amide bonds. The number of halogens is 3. The maximum Gasteiger partial charge on any atom is 0.573 e. The molecule has 2 N–H and O–H groups in total. The summed E-state index contributed by atoms with van der Waals surface area (Å²) in [6.07, 6.45) is 0.205. The van der Waals surface area contributed by atoms with Gasteiger partial charge in [0.1, 0.15) is 10.6 Å². The van der Waals surface area contributed by atoms with Crippen LogP contribution < -0.4 is 15.4 Å². The van der Waals surface area contributed by atoms with E-state index in [9.17, 15) is 22.8 Å². The van der Waals surface area contributed by atoms with Crippen LogP contribution >= 0.6 is 11.3 Å². The first kappa shape index (κ1) is 24.2. The van der Waals surface area contributed by atoms with Gasteiger partial charge in [0.15, 0.2) is 11.6 Å². The highest BCUT2D eigenvalue weighted by Gasteiger charge is 2.34.